The van der Waals surface area contributed by atoms with E-state index in [0.717, 1.165) is 32.1 Å². The summed E-state index contributed by atoms with van der Waals surface area (Å²) < 4.78 is 1.29. The van der Waals surface area contributed by atoms with Gasteiger partial charge in [-0.15, -0.1) is 0 Å². The van der Waals surface area contributed by atoms with Crippen LogP contribution >= 0.6 is 15.9 Å². The third kappa shape index (κ3) is 1.35. The molecular weight excluding hydrogens is 216 g/mol. The minimum absolute atomic E-state index is 0.421. The molecular formula is C10H15BrO. The van der Waals surface area contributed by atoms with Gasteiger partial charge in [-0.05, 0) is 55.0 Å². The molecule has 2 aliphatic carbocycles. The van der Waals surface area contributed by atoms with Crippen LogP contribution in [0.2, 0.25) is 0 Å². The van der Waals surface area contributed by atoms with Crippen LogP contribution in [0.25, 0.3) is 0 Å². The summed E-state index contributed by atoms with van der Waals surface area (Å²) in [5.41, 5.74) is 0.884. The van der Waals surface area contributed by atoms with Gasteiger partial charge in [0.2, 0.25) is 0 Å². The van der Waals surface area contributed by atoms with Crippen LogP contribution in [-0.4, -0.2) is 10.7 Å². The summed E-state index contributed by atoms with van der Waals surface area (Å²) in [6.07, 6.45) is 7.80. The van der Waals surface area contributed by atoms with Crippen molar-refractivity contribution in [3.8, 4) is 0 Å². The quantitative estimate of drug-likeness (QED) is 0.679. The normalized spacial score (nSPS) is 36.5. The fraction of sp³-hybridized carbons (Fsp3) is 0.800. The predicted molar refractivity (Wildman–Crippen MR) is 53.2 cm³/mol. The predicted octanol–water partition coefficient (Wildman–Crippen LogP) is 3.12. The first-order valence-electron chi connectivity index (χ1n) is 4.83. The molecule has 0 bridgehead atoms. The molecule has 2 heteroatoms. The topological polar surface area (TPSA) is 20.2 Å². The second-order valence-electron chi connectivity index (χ2n) is 3.98. The van der Waals surface area contributed by atoms with Gasteiger partial charge in [0.15, 0.2) is 0 Å². The number of hydrogen-bond donors (Lipinski definition) is 1. The van der Waals surface area contributed by atoms with Gasteiger partial charge in [-0.1, -0.05) is 15.9 Å². The maximum absolute atomic E-state index is 10.3. The summed E-state index contributed by atoms with van der Waals surface area (Å²) in [6, 6.07) is 0. The number of halogens is 1. The third-order valence-corrected chi connectivity index (χ3v) is 4.02. The van der Waals surface area contributed by atoms with Gasteiger partial charge in [-0.25, -0.2) is 0 Å². The molecule has 1 unspecified atom stereocenters. The number of aliphatic hydroxyl groups is 1. The second-order valence-corrected chi connectivity index (χ2v) is 4.93. The molecule has 0 aromatic carbocycles. The Hall–Kier alpha value is 0.180. The second kappa shape index (κ2) is 3.15. The zero-order chi connectivity index (χ0) is 8.60. The molecule has 68 valence electrons. The standard InChI is InChI=1S/C10H15BrO/c11-9-5-3-7-10(12)6-2-1-4-8(9)10/h12H,1-7H2. The summed E-state index contributed by atoms with van der Waals surface area (Å²) in [7, 11) is 0. The van der Waals surface area contributed by atoms with Crippen LogP contribution in [0.5, 0.6) is 0 Å². The molecule has 2 rings (SSSR count). The molecule has 1 N–H and O–H groups in total. The van der Waals surface area contributed by atoms with Crippen molar-refractivity contribution >= 4 is 15.9 Å². The molecule has 0 spiro atoms. The van der Waals surface area contributed by atoms with Crippen LogP contribution in [0.3, 0.4) is 0 Å². The number of hydrogen-bond acceptors (Lipinski definition) is 1. The van der Waals surface area contributed by atoms with Crippen molar-refractivity contribution in [2.75, 3.05) is 0 Å². The van der Waals surface area contributed by atoms with Gasteiger partial charge in [0.25, 0.3) is 0 Å². The Kier molecular flexibility index (Phi) is 2.30. The van der Waals surface area contributed by atoms with Crippen molar-refractivity contribution in [3.05, 3.63) is 10.1 Å². The van der Waals surface area contributed by atoms with E-state index in [0.29, 0.717) is 0 Å². The van der Waals surface area contributed by atoms with Gasteiger partial charge in [-0.3, -0.25) is 0 Å². The maximum atomic E-state index is 10.3. The molecule has 1 fully saturated rings. The van der Waals surface area contributed by atoms with Gasteiger partial charge in [0.1, 0.15) is 0 Å². The van der Waals surface area contributed by atoms with Crippen molar-refractivity contribution in [2.45, 2.75) is 50.5 Å². The molecule has 0 heterocycles. The lowest BCUT2D eigenvalue weighted by Crippen LogP contribution is -2.36. The minimum atomic E-state index is -0.421. The van der Waals surface area contributed by atoms with Gasteiger partial charge in [0, 0.05) is 0 Å². The molecule has 0 aromatic heterocycles. The van der Waals surface area contributed by atoms with Crippen LogP contribution in [0.1, 0.15) is 44.9 Å². The highest BCUT2D eigenvalue weighted by Crippen LogP contribution is 2.44. The molecule has 0 saturated heterocycles. The largest absolute Gasteiger partial charge is 0.385 e. The highest BCUT2D eigenvalue weighted by molar-refractivity contribution is 9.11. The van der Waals surface area contributed by atoms with Crippen molar-refractivity contribution in [1.29, 1.82) is 0 Å². The van der Waals surface area contributed by atoms with E-state index in [1.165, 1.54) is 22.9 Å². The molecule has 0 amide bonds. The lowest BCUT2D eigenvalue weighted by atomic mass is 9.74. The summed E-state index contributed by atoms with van der Waals surface area (Å²) in [4.78, 5) is 0. The first kappa shape index (κ1) is 8.76. The first-order chi connectivity index (χ1) is 5.72. The minimum Gasteiger partial charge on any atom is -0.385 e. The molecule has 1 atom stereocenters. The van der Waals surface area contributed by atoms with Crippen molar-refractivity contribution < 1.29 is 5.11 Å². The summed E-state index contributed by atoms with van der Waals surface area (Å²) in [6.45, 7) is 0. The van der Waals surface area contributed by atoms with Crippen LogP contribution in [-0.2, 0) is 0 Å². The molecule has 12 heavy (non-hydrogen) atoms. The number of allylic oxidation sites excluding steroid dienone is 1. The Labute approximate surface area is 82.0 Å². The third-order valence-electron chi connectivity index (χ3n) is 3.14. The first-order valence-corrected chi connectivity index (χ1v) is 5.62. The fourth-order valence-corrected chi connectivity index (χ4v) is 3.30. The molecule has 0 radical (unpaired) electrons. The van der Waals surface area contributed by atoms with E-state index < -0.39 is 5.60 Å². The Bertz CT molecular complexity index is 222. The lowest BCUT2D eigenvalue weighted by molar-refractivity contribution is 0.0356. The number of fused-ring (bicyclic) bond motifs is 1. The van der Waals surface area contributed by atoms with E-state index in [1.807, 2.05) is 0 Å². The van der Waals surface area contributed by atoms with Crippen LogP contribution < -0.4 is 0 Å². The zero-order valence-electron chi connectivity index (χ0n) is 7.27. The van der Waals surface area contributed by atoms with E-state index >= 15 is 0 Å². The lowest BCUT2D eigenvalue weighted by Gasteiger charge is -2.39. The van der Waals surface area contributed by atoms with Crippen LogP contribution in [0, 0.1) is 0 Å². The molecule has 1 nitrogen and oxygen atoms in total. The summed E-state index contributed by atoms with van der Waals surface area (Å²) in [5, 5.41) is 10.3. The van der Waals surface area contributed by atoms with E-state index in [-0.39, 0.29) is 0 Å². The van der Waals surface area contributed by atoms with Gasteiger partial charge < -0.3 is 5.11 Å². The summed E-state index contributed by atoms with van der Waals surface area (Å²) in [5.74, 6) is 0. The fourth-order valence-electron chi connectivity index (χ4n) is 2.45. The Morgan fingerprint density at radius 3 is 2.58 bits per heavy atom. The smallest absolute Gasteiger partial charge is 0.0867 e. The maximum Gasteiger partial charge on any atom is 0.0867 e. The van der Waals surface area contributed by atoms with E-state index in [4.69, 9.17) is 0 Å². The van der Waals surface area contributed by atoms with Crippen LogP contribution in [0.15, 0.2) is 10.1 Å². The van der Waals surface area contributed by atoms with Gasteiger partial charge in [-0.2, -0.15) is 0 Å². The zero-order valence-corrected chi connectivity index (χ0v) is 8.86. The van der Waals surface area contributed by atoms with E-state index in [2.05, 4.69) is 15.9 Å². The summed E-state index contributed by atoms with van der Waals surface area (Å²) >= 11 is 3.58. The van der Waals surface area contributed by atoms with E-state index in [9.17, 15) is 5.11 Å². The van der Waals surface area contributed by atoms with Crippen molar-refractivity contribution in [2.24, 2.45) is 0 Å². The number of rotatable bonds is 0. The monoisotopic (exact) mass is 230 g/mol. The van der Waals surface area contributed by atoms with E-state index in [1.54, 1.807) is 0 Å². The van der Waals surface area contributed by atoms with Crippen LogP contribution in [0.4, 0.5) is 0 Å². The molecule has 2 aliphatic rings. The van der Waals surface area contributed by atoms with Gasteiger partial charge >= 0.3 is 0 Å². The molecule has 1 saturated carbocycles. The van der Waals surface area contributed by atoms with Gasteiger partial charge in [0.05, 0.1) is 5.60 Å². The Morgan fingerprint density at radius 1 is 1.08 bits per heavy atom. The molecule has 0 aromatic rings. The molecule has 0 aliphatic heterocycles. The SMILES string of the molecule is OC12CCCCC1=C(Br)CCC2. The van der Waals surface area contributed by atoms with Crippen molar-refractivity contribution in [3.63, 3.8) is 0 Å². The average Bonchev–Trinajstić information content (AvgIpc) is 2.04. The Morgan fingerprint density at radius 2 is 1.83 bits per heavy atom. The highest BCUT2D eigenvalue weighted by Gasteiger charge is 2.37. The Balaban J connectivity index is 2.31. The van der Waals surface area contributed by atoms with Crippen molar-refractivity contribution in [1.82, 2.24) is 0 Å². The highest BCUT2D eigenvalue weighted by atomic mass is 79.9. The average molecular weight is 231 g/mol.